The molecule has 0 aliphatic carbocycles. The third-order valence-corrected chi connectivity index (χ3v) is 8.00. The molecule has 0 spiro atoms. The van der Waals surface area contributed by atoms with E-state index in [0.717, 1.165) is 6.07 Å². The molecule has 0 atom stereocenters. The fraction of sp³-hybridized carbons (Fsp3) is 0.115. The highest BCUT2D eigenvalue weighted by molar-refractivity contribution is 7.70. The quantitative estimate of drug-likeness (QED) is 0.173. The Morgan fingerprint density at radius 2 is 1.72 bits per heavy atom. The van der Waals surface area contributed by atoms with Crippen LogP contribution in [-0.2, 0) is 10.7 Å². The van der Waals surface area contributed by atoms with Gasteiger partial charge in [0.05, 0.1) is 33.7 Å². The average molecular weight is 591 g/mol. The number of aromatic nitrogens is 4. The summed E-state index contributed by atoms with van der Waals surface area (Å²) in [5.41, 5.74) is 1.45. The van der Waals surface area contributed by atoms with Crippen molar-refractivity contribution in [2.75, 3.05) is 24.0 Å². The number of nitrogens with one attached hydrogen (secondary N) is 3. The van der Waals surface area contributed by atoms with E-state index in [4.69, 9.17) is 23.2 Å². The summed E-state index contributed by atoms with van der Waals surface area (Å²) in [7, 11) is -2.58. The van der Waals surface area contributed by atoms with Gasteiger partial charge in [-0.25, -0.2) is 4.98 Å². The van der Waals surface area contributed by atoms with Crippen LogP contribution < -0.4 is 15.9 Å². The van der Waals surface area contributed by atoms with Crippen LogP contribution >= 0.6 is 30.3 Å². The van der Waals surface area contributed by atoms with E-state index >= 15 is 0 Å². The van der Waals surface area contributed by atoms with Crippen molar-refractivity contribution < 1.29 is 17.7 Å². The molecule has 0 aliphatic heterocycles. The van der Waals surface area contributed by atoms with Gasteiger partial charge in [-0.15, -0.1) is 0 Å². The molecule has 2 heterocycles. The molecule has 0 aliphatic rings. The predicted molar refractivity (Wildman–Crippen MR) is 151 cm³/mol. The first kappa shape index (κ1) is 27.0. The van der Waals surface area contributed by atoms with E-state index < -0.39 is 18.9 Å². The lowest BCUT2D eigenvalue weighted by Gasteiger charge is -2.15. The van der Waals surface area contributed by atoms with Crippen LogP contribution in [0.3, 0.4) is 0 Å². The maximum Gasteiger partial charge on any atom is 0.417 e. The Balaban J connectivity index is 1.47. The van der Waals surface area contributed by atoms with Gasteiger partial charge in [-0.2, -0.15) is 23.3 Å². The molecule has 0 saturated heterocycles. The molecule has 13 heteroatoms. The van der Waals surface area contributed by atoms with Gasteiger partial charge in [0.1, 0.15) is 12.2 Å². The lowest BCUT2D eigenvalue weighted by Crippen LogP contribution is -2.10. The molecule has 0 saturated carbocycles. The van der Waals surface area contributed by atoms with Gasteiger partial charge >= 0.3 is 6.18 Å². The number of fused-ring (bicyclic) bond motifs is 1. The summed E-state index contributed by atoms with van der Waals surface area (Å²) in [4.78, 5) is 8.70. The fourth-order valence-corrected chi connectivity index (χ4v) is 5.54. The molecule has 0 fully saturated rings. The molecule has 200 valence electrons. The number of H-pyrrole nitrogens is 1. The highest BCUT2D eigenvalue weighted by Gasteiger charge is 2.33. The fourth-order valence-electron chi connectivity index (χ4n) is 4.02. The summed E-state index contributed by atoms with van der Waals surface area (Å²) in [5, 5.41) is 14.4. The molecule has 7 nitrogen and oxygen atoms in total. The summed E-state index contributed by atoms with van der Waals surface area (Å²) in [6.07, 6.45) is -3.18. The van der Waals surface area contributed by atoms with E-state index in [1.165, 1.54) is 18.3 Å². The van der Waals surface area contributed by atoms with E-state index in [2.05, 4.69) is 30.8 Å². The first-order valence-corrected chi connectivity index (χ1v) is 14.8. The number of rotatable bonds is 6. The van der Waals surface area contributed by atoms with Gasteiger partial charge in [-0.1, -0.05) is 41.4 Å². The van der Waals surface area contributed by atoms with Gasteiger partial charge in [-0.05, 0) is 55.8 Å². The van der Waals surface area contributed by atoms with Crippen LogP contribution in [0.15, 0.2) is 66.9 Å². The van der Waals surface area contributed by atoms with Crippen molar-refractivity contribution in [1.29, 1.82) is 0 Å². The predicted octanol–water partition coefficient (Wildman–Crippen LogP) is 8.08. The summed E-state index contributed by atoms with van der Waals surface area (Å²) >= 11 is 12.1. The normalized spacial score (nSPS) is 12.1. The molecule has 0 bridgehead atoms. The molecule has 2 aromatic heterocycles. The maximum atomic E-state index is 13.4. The standard InChI is InChI=1S/C26H20Cl2F3N6OP/c1-39(2,38)22-6-4-3-5-21(22)34-24-19(28)13-32-25(35-24)33-15-8-10-20-16(12-15)23(37-36-20)14-7-9-18(27)17(11-14)26(29,30)31/h3-13H,1-2H3,(H,36,37)(H2,32,33,34,35). The van der Waals surface area contributed by atoms with Crippen LogP contribution in [0.2, 0.25) is 10.0 Å². The van der Waals surface area contributed by atoms with E-state index in [1.54, 1.807) is 43.7 Å². The number of halogens is 5. The van der Waals surface area contributed by atoms with Crippen molar-refractivity contribution in [2.45, 2.75) is 6.18 Å². The van der Waals surface area contributed by atoms with Crippen LogP contribution in [0.25, 0.3) is 22.2 Å². The molecule has 0 unspecified atom stereocenters. The Hall–Kier alpha value is -3.59. The van der Waals surface area contributed by atoms with Crippen molar-refractivity contribution in [3.63, 3.8) is 0 Å². The van der Waals surface area contributed by atoms with E-state index in [1.807, 2.05) is 12.1 Å². The molecular weight excluding hydrogens is 571 g/mol. The van der Waals surface area contributed by atoms with Crippen LogP contribution in [0.1, 0.15) is 5.56 Å². The van der Waals surface area contributed by atoms with Crippen LogP contribution in [0.5, 0.6) is 0 Å². The number of nitrogens with zero attached hydrogens (tertiary/aromatic N) is 3. The van der Waals surface area contributed by atoms with Crippen LogP contribution in [-0.4, -0.2) is 33.5 Å². The lowest BCUT2D eigenvalue weighted by molar-refractivity contribution is -0.137. The summed E-state index contributed by atoms with van der Waals surface area (Å²) in [6.45, 7) is 3.35. The van der Waals surface area contributed by atoms with Gasteiger partial charge < -0.3 is 15.2 Å². The number of alkyl halides is 3. The van der Waals surface area contributed by atoms with E-state index in [-0.39, 0.29) is 21.6 Å². The summed E-state index contributed by atoms with van der Waals surface area (Å²) in [5.74, 6) is 0.520. The first-order chi connectivity index (χ1) is 18.4. The Labute approximate surface area is 231 Å². The smallest absolute Gasteiger partial charge is 0.338 e. The Morgan fingerprint density at radius 3 is 2.46 bits per heavy atom. The summed E-state index contributed by atoms with van der Waals surface area (Å²) < 4.78 is 52.9. The van der Waals surface area contributed by atoms with Crippen molar-refractivity contribution in [2.24, 2.45) is 0 Å². The van der Waals surface area contributed by atoms with Gasteiger partial charge in [-0.3, -0.25) is 5.10 Å². The van der Waals surface area contributed by atoms with Gasteiger partial charge in [0.25, 0.3) is 0 Å². The Bertz CT molecular complexity index is 1750. The topological polar surface area (TPSA) is 95.6 Å². The zero-order valence-electron chi connectivity index (χ0n) is 20.4. The molecule has 39 heavy (non-hydrogen) atoms. The number of anilines is 4. The molecule has 5 aromatic rings. The Kier molecular flexibility index (Phi) is 7.05. The van der Waals surface area contributed by atoms with Crippen molar-refractivity contribution in [3.05, 3.63) is 82.5 Å². The van der Waals surface area contributed by atoms with Gasteiger partial charge in [0.2, 0.25) is 5.95 Å². The zero-order chi connectivity index (χ0) is 27.9. The maximum absolute atomic E-state index is 13.4. The molecule has 5 rings (SSSR count). The SMILES string of the molecule is CP(C)(=O)c1ccccc1Nc1nc(Nc2ccc3[nH]nc(-c4ccc(Cl)c(C(F)(F)F)c4)c3c2)ncc1Cl. The van der Waals surface area contributed by atoms with E-state index in [9.17, 15) is 17.7 Å². The number of hydrogen-bond donors (Lipinski definition) is 3. The number of aromatic amines is 1. The molecule has 3 N–H and O–H groups in total. The zero-order valence-corrected chi connectivity index (χ0v) is 22.8. The molecule has 0 amide bonds. The minimum absolute atomic E-state index is 0.214. The minimum Gasteiger partial charge on any atom is -0.338 e. The molecule has 3 aromatic carbocycles. The Morgan fingerprint density at radius 1 is 0.949 bits per heavy atom. The third kappa shape index (κ3) is 5.73. The van der Waals surface area contributed by atoms with Crippen molar-refractivity contribution >= 4 is 69.7 Å². The molecule has 0 radical (unpaired) electrons. The second-order valence-corrected chi connectivity index (χ2v) is 13.0. The third-order valence-electron chi connectivity index (χ3n) is 5.85. The number of para-hydroxylation sites is 1. The van der Waals surface area contributed by atoms with Gasteiger partial charge in [0, 0.05) is 21.9 Å². The lowest BCUT2D eigenvalue weighted by atomic mass is 10.0. The van der Waals surface area contributed by atoms with Crippen molar-refractivity contribution in [3.8, 4) is 11.3 Å². The largest absolute Gasteiger partial charge is 0.417 e. The van der Waals surface area contributed by atoms with Crippen molar-refractivity contribution in [1.82, 2.24) is 20.2 Å². The molecular formula is C26H20Cl2F3N6OP. The summed E-state index contributed by atoms with van der Waals surface area (Å²) in [6, 6.07) is 16.1. The number of benzene rings is 3. The van der Waals surface area contributed by atoms with Crippen LogP contribution in [0.4, 0.5) is 36.3 Å². The highest BCUT2D eigenvalue weighted by Crippen LogP contribution is 2.40. The second-order valence-electron chi connectivity index (χ2n) is 9.03. The number of hydrogen-bond acceptors (Lipinski definition) is 6. The highest BCUT2D eigenvalue weighted by atomic mass is 35.5. The van der Waals surface area contributed by atoms with Crippen LogP contribution in [0, 0.1) is 0 Å². The van der Waals surface area contributed by atoms with Gasteiger partial charge in [0.15, 0.2) is 5.82 Å². The second kappa shape index (κ2) is 10.2. The monoisotopic (exact) mass is 590 g/mol. The first-order valence-electron chi connectivity index (χ1n) is 11.5. The van der Waals surface area contributed by atoms with E-state index in [0.29, 0.717) is 39.1 Å². The average Bonchev–Trinajstić information content (AvgIpc) is 3.29. The minimum atomic E-state index is -4.60.